The van der Waals surface area contributed by atoms with Crippen molar-refractivity contribution < 1.29 is 0 Å². The third-order valence-corrected chi connectivity index (χ3v) is 2.93. The molecule has 3 rings (SSSR count). The number of tetrazole rings is 1. The predicted octanol–water partition coefficient (Wildman–Crippen LogP) is 2.70. The zero-order valence-corrected chi connectivity index (χ0v) is 10.7. The normalized spacial score (nSPS) is 10.6. The first-order chi connectivity index (χ1) is 9.31. The fourth-order valence-corrected chi connectivity index (χ4v) is 1.88. The Kier molecular flexibility index (Phi) is 3.06. The van der Waals surface area contributed by atoms with Gasteiger partial charge in [-0.3, -0.25) is 0 Å². The lowest BCUT2D eigenvalue weighted by atomic mass is 10.1. The molecule has 0 spiro atoms. The first kappa shape index (κ1) is 11.6. The van der Waals surface area contributed by atoms with E-state index < -0.39 is 0 Å². The molecule has 0 aliphatic heterocycles. The molecule has 19 heavy (non-hydrogen) atoms. The Morgan fingerprint density at radius 3 is 2.42 bits per heavy atom. The zero-order chi connectivity index (χ0) is 13.1. The first-order valence-electron chi connectivity index (χ1n) is 6.20. The van der Waals surface area contributed by atoms with E-state index in [1.165, 1.54) is 5.56 Å². The van der Waals surface area contributed by atoms with Gasteiger partial charge in [0.2, 0.25) is 5.82 Å². The summed E-state index contributed by atoms with van der Waals surface area (Å²) in [4.78, 5) is 1.62. The molecule has 0 bridgehead atoms. The van der Waals surface area contributed by atoms with Crippen molar-refractivity contribution in [1.29, 1.82) is 0 Å². The Morgan fingerprint density at radius 2 is 1.68 bits per heavy atom. The maximum Gasteiger partial charge on any atom is 0.204 e. The quantitative estimate of drug-likeness (QED) is 0.717. The van der Waals surface area contributed by atoms with E-state index >= 15 is 0 Å². The van der Waals surface area contributed by atoms with E-state index in [-0.39, 0.29) is 0 Å². The second kappa shape index (κ2) is 5.02. The van der Waals surface area contributed by atoms with E-state index in [2.05, 4.69) is 34.5 Å². The van der Waals surface area contributed by atoms with Crippen LogP contribution in [0.2, 0.25) is 0 Å². The van der Waals surface area contributed by atoms with Gasteiger partial charge in [0, 0.05) is 5.56 Å². The van der Waals surface area contributed by atoms with Gasteiger partial charge in [0.15, 0.2) is 0 Å². The molecule has 0 saturated heterocycles. The standard InChI is InChI=1S/C15H14N4/c1-12-7-9-14(10-8-12)15-16-18-19(17-15)11-13-5-3-2-4-6-13/h2-10H,11H2,1H3. The topological polar surface area (TPSA) is 43.6 Å². The van der Waals surface area contributed by atoms with Crippen LogP contribution in [0.5, 0.6) is 0 Å². The Balaban J connectivity index is 1.82. The van der Waals surface area contributed by atoms with Crippen LogP contribution in [0.3, 0.4) is 0 Å². The number of hydrogen-bond donors (Lipinski definition) is 0. The minimum atomic E-state index is 0.639. The van der Waals surface area contributed by atoms with E-state index in [9.17, 15) is 0 Å². The number of nitrogens with zero attached hydrogens (tertiary/aromatic N) is 4. The highest BCUT2D eigenvalue weighted by atomic mass is 15.6. The molecule has 0 fully saturated rings. The predicted molar refractivity (Wildman–Crippen MR) is 73.5 cm³/mol. The van der Waals surface area contributed by atoms with Crippen molar-refractivity contribution in [2.24, 2.45) is 0 Å². The number of rotatable bonds is 3. The van der Waals surface area contributed by atoms with Crippen molar-refractivity contribution in [1.82, 2.24) is 20.2 Å². The molecule has 94 valence electrons. The molecular formula is C15H14N4. The van der Waals surface area contributed by atoms with E-state index in [0.29, 0.717) is 12.4 Å². The summed E-state index contributed by atoms with van der Waals surface area (Å²) in [6.07, 6.45) is 0. The lowest BCUT2D eigenvalue weighted by Crippen LogP contribution is -2.03. The summed E-state index contributed by atoms with van der Waals surface area (Å²) in [6.45, 7) is 2.70. The minimum absolute atomic E-state index is 0.639. The van der Waals surface area contributed by atoms with Gasteiger partial charge in [0.1, 0.15) is 0 Å². The maximum atomic E-state index is 4.40. The smallest absolute Gasteiger partial charge is 0.159 e. The fraction of sp³-hybridized carbons (Fsp3) is 0.133. The van der Waals surface area contributed by atoms with E-state index in [4.69, 9.17) is 0 Å². The van der Waals surface area contributed by atoms with Crippen molar-refractivity contribution in [2.75, 3.05) is 0 Å². The summed E-state index contributed by atoms with van der Waals surface area (Å²) in [7, 11) is 0. The van der Waals surface area contributed by atoms with Crippen molar-refractivity contribution in [3.8, 4) is 11.4 Å². The van der Waals surface area contributed by atoms with Crippen LogP contribution in [0.15, 0.2) is 54.6 Å². The Bertz CT molecular complexity index is 656. The average Bonchev–Trinajstić information content (AvgIpc) is 2.89. The molecule has 4 heteroatoms. The van der Waals surface area contributed by atoms with Crippen molar-refractivity contribution in [3.05, 3.63) is 65.7 Å². The van der Waals surface area contributed by atoms with Crippen LogP contribution in [-0.2, 0) is 6.54 Å². The Morgan fingerprint density at radius 1 is 0.947 bits per heavy atom. The van der Waals surface area contributed by atoms with Gasteiger partial charge in [-0.15, -0.1) is 10.2 Å². The average molecular weight is 250 g/mol. The van der Waals surface area contributed by atoms with Gasteiger partial charge in [-0.1, -0.05) is 60.2 Å². The second-order valence-electron chi connectivity index (χ2n) is 4.50. The first-order valence-corrected chi connectivity index (χ1v) is 6.20. The minimum Gasteiger partial charge on any atom is -0.159 e. The summed E-state index contributed by atoms with van der Waals surface area (Å²) in [5, 5.41) is 12.6. The summed E-state index contributed by atoms with van der Waals surface area (Å²) in [5.74, 6) is 0.663. The molecule has 1 aromatic heterocycles. The van der Waals surface area contributed by atoms with E-state index in [1.54, 1.807) is 4.80 Å². The molecule has 0 saturated carbocycles. The number of aryl methyl sites for hydroxylation is 1. The third kappa shape index (κ3) is 2.68. The van der Waals surface area contributed by atoms with Gasteiger partial charge in [0.05, 0.1) is 6.54 Å². The van der Waals surface area contributed by atoms with Crippen LogP contribution >= 0.6 is 0 Å². The molecule has 3 aromatic rings. The number of benzene rings is 2. The zero-order valence-electron chi connectivity index (χ0n) is 10.7. The van der Waals surface area contributed by atoms with Crippen LogP contribution in [0, 0.1) is 6.92 Å². The van der Waals surface area contributed by atoms with Crippen LogP contribution < -0.4 is 0 Å². The van der Waals surface area contributed by atoms with Crippen LogP contribution in [0.1, 0.15) is 11.1 Å². The monoisotopic (exact) mass is 250 g/mol. The van der Waals surface area contributed by atoms with Gasteiger partial charge in [0.25, 0.3) is 0 Å². The van der Waals surface area contributed by atoms with Gasteiger partial charge in [-0.05, 0) is 17.7 Å². The SMILES string of the molecule is Cc1ccc(-c2nnn(Cc3ccccc3)n2)cc1. The molecule has 0 radical (unpaired) electrons. The van der Waals surface area contributed by atoms with Crippen LogP contribution in [-0.4, -0.2) is 20.2 Å². The molecular weight excluding hydrogens is 236 g/mol. The fourth-order valence-electron chi connectivity index (χ4n) is 1.88. The van der Waals surface area contributed by atoms with Gasteiger partial charge in [-0.2, -0.15) is 4.80 Å². The number of hydrogen-bond acceptors (Lipinski definition) is 3. The van der Waals surface area contributed by atoms with E-state index in [0.717, 1.165) is 11.1 Å². The molecule has 4 nitrogen and oxygen atoms in total. The lowest BCUT2D eigenvalue weighted by molar-refractivity contribution is 0.573. The molecule has 0 unspecified atom stereocenters. The summed E-state index contributed by atoms with van der Waals surface area (Å²) >= 11 is 0. The van der Waals surface area contributed by atoms with Gasteiger partial charge >= 0.3 is 0 Å². The molecule has 0 amide bonds. The second-order valence-corrected chi connectivity index (χ2v) is 4.50. The van der Waals surface area contributed by atoms with Gasteiger partial charge < -0.3 is 0 Å². The summed E-state index contributed by atoms with van der Waals surface area (Å²) < 4.78 is 0. The van der Waals surface area contributed by atoms with Crippen LogP contribution in [0.4, 0.5) is 0 Å². The highest BCUT2D eigenvalue weighted by molar-refractivity contribution is 5.54. The largest absolute Gasteiger partial charge is 0.204 e. The molecule has 1 heterocycles. The molecule has 0 aliphatic carbocycles. The Labute approximate surface area is 111 Å². The van der Waals surface area contributed by atoms with E-state index in [1.807, 2.05) is 42.5 Å². The Hall–Kier alpha value is -2.49. The highest BCUT2D eigenvalue weighted by Gasteiger charge is 2.05. The van der Waals surface area contributed by atoms with Gasteiger partial charge in [-0.25, -0.2) is 0 Å². The van der Waals surface area contributed by atoms with Crippen LogP contribution in [0.25, 0.3) is 11.4 Å². The molecule has 0 aliphatic rings. The number of aromatic nitrogens is 4. The van der Waals surface area contributed by atoms with Crippen molar-refractivity contribution in [2.45, 2.75) is 13.5 Å². The molecule has 0 N–H and O–H groups in total. The third-order valence-electron chi connectivity index (χ3n) is 2.93. The maximum absolute atomic E-state index is 4.40. The van der Waals surface area contributed by atoms with Crippen molar-refractivity contribution >= 4 is 0 Å². The van der Waals surface area contributed by atoms with Crippen molar-refractivity contribution in [3.63, 3.8) is 0 Å². The summed E-state index contributed by atoms with van der Waals surface area (Å²) in [6, 6.07) is 18.2. The molecule has 2 aromatic carbocycles. The molecule has 0 atom stereocenters. The lowest BCUT2D eigenvalue weighted by Gasteiger charge is -1.98. The summed E-state index contributed by atoms with van der Waals surface area (Å²) in [5.41, 5.74) is 3.38. The highest BCUT2D eigenvalue weighted by Crippen LogP contribution is 2.14.